The highest BCUT2D eigenvalue weighted by atomic mass is 19.4. The zero-order valence-electron chi connectivity index (χ0n) is 18.7. The van der Waals surface area contributed by atoms with Crippen molar-refractivity contribution in [2.75, 3.05) is 0 Å². The quantitative estimate of drug-likeness (QED) is 0.313. The lowest BCUT2D eigenvalue weighted by molar-refractivity contribution is -0.276. The van der Waals surface area contributed by atoms with Crippen LogP contribution in [-0.2, 0) is 19.3 Å². The molecule has 0 atom stereocenters. The summed E-state index contributed by atoms with van der Waals surface area (Å²) in [6.07, 6.45) is -0.122. The van der Waals surface area contributed by atoms with E-state index in [4.69, 9.17) is 0 Å². The lowest BCUT2D eigenvalue weighted by atomic mass is 9.85. The number of fused-ring (bicyclic) bond motifs is 1. The molecule has 4 rings (SSSR count). The summed E-state index contributed by atoms with van der Waals surface area (Å²) in [6.45, 7) is 2.06. The van der Waals surface area contributed by atoms with Crippen LogP contribution in [0.3, 0.4) is 0 Å². The summed E-state index contributed by atoms with van der Waals surface area (Å²) in [5, 5.41) is 0. The summed E-state index contributed by atoms with van der Waals surface area (Å²) in [5.74, 6) is -5.96. The standard InChI is InChI=1S/C27H21F7O/c1-2-3-4-15-5-8-20(22(28)9-15)17-7-6-16-11-21(23(29)12-18(16)10-17)19-13-24(30)26(25(31)14-19)35-27(32,33)34/h5,7-9,11-14H,2-4,6,10H2,1H3. The number of halogens is 7. The number of rotatable bonds is 6. The smallest absolute Gasteiger partial charge is 0.399 e. The largest absolute Gasteiger partial charge is 0.573 e. The van der Waals surface area contributed by atoms with Crippen molar-refractivity contribution in [3.8, 4) is 16.9 Å². The van der Waals surface area contributed by atoms with E-state index in [9.17, 15) is 30.7 Å². The lowest BCUT2D eigenvalue weighted by Crippen LogP contribution is -2.19. The summed E-state index contributed by atoms with van der Waals surface area (Å²) in [5.41, 5.74) is 2.88. The van der Waals surface area contributed by atoms with Gasteiger partial charge in [-0.25, -0.2) is 17.6 Å². The monoisotopic (exact) mass is 494 g/mol. The fraction of sp³-hybridized carbons (Fsp3) is 0.259. The van der Waals surface area contributed by atoms with Crippen molar-refractivity contribution < 1.29 is 35.5 Å². The maximum absolute atomic E-state index is 14.9. The molecule has 1 nitrogen and oxygen atoms in total. The highest BCUT2D eigenvalue weighted by Crippen LogP contribution is 2.37. The van der Waals surface area contributed by atoms with Crippen LogP contribution in [0.1, 0.15) is 42.0 Å². The van der Waals surface area contributed by atoms with E-state index in [0.717, 1.165) is 24.8 Å². The Kier molecular flexibility index (Phi) is 6.92. The first-order valence-corrected chi connectivity index (χ1v) is 11.1. The van der Waals surface area contributed by atoms with Crippen molar-refractivity contribution in [1.29, 1.82) is 0 Å². The Balaban J connectivity index is 1.61. The molecule has 0 amide bonds. The maximum Gasteiger partial charge on any atom is 0.573 e. The van der Waals surface area contributed by atoms with Crippen molar-refractivity contribution in [2.24, 2.45) is 0 Å². The molecule has 8 heteroatoms. The molecule has 1 aliphatic carbocycles. The minimum Gasteiger partial charge on any atom is -0.399 e. The van der Waals surface area contributed by atoms with Gasteiger partial charge in [0.15, 0.2) is 11.6 Å². The molecule has 35 heavy (non-hydrogen) atoms. The minimum atomic E-state index is -5.28. The number of ether oxygens (including phenoxy) is 1. The van der Waals surface area contributed by atoms with E-state index in [1.165, 1.54) is 18.2 Å². The van der Waals surface area contributed by atoms with E-state index in [2.05, 4.69) is 11.7 Å². The fourth-order valence-corrected chi connectivity index (χ4v) is 4.23. The van der Waals surface area contributed by atoms with Gasteiger partial charge in [0.05, 0.1) is 0 Å². The van der Waals surface area contributed by atoms with Crippen molar-refractivity contribution in [1.82, 2.24) is 0 Å². The Bertz CT molecular complexity index is 1270. The van der Waals surface area contributed by atoms with Gasteiger partial charge in [-0.3, -0.25) is 0 Å². The van der Waals surface area contributed by atoms with Gasteiger partial charge in [0.1, 0.15) is 11.6 Å². The number of allylic oxidation sites excluding steroid dienone is 2. The van der Waals surface area contributed by atoms with Gasteiger partial charge in [-0.15, -0.1) is 13.2 Å². The van der Waals surface area contributed by atoms with Crippen LogP contribution in [0.5, 0.6) is 5.75 Å². The Morgan fingerprint density at radius 1 is 0.800 bits per heavy atom. The molecule has 0 aliphatic heterocycles. The summed E-state index contributed by atoms with van der Waals surface area (Å²) >= 11 is 0. The molecule has 3 aromatic carbocycles. The third kappa shape index (κ3) is 5.52. The fourth-order valence-electron chi connectivity index (χ4n) is 4.23. The lowest BCUT2D eigenvalue weighted by Gasteiger charge is -2.20. The van der Waals surface area contributed by atoms with Gasteiger partial charge in [0, 0.05) is 11.1 Å². The molecular weight excluding hydrogens is 473 g/mol. The molecule has 0 unspecified atom stereocenters. The highest BCUT2D eigenvalue weighted by Gasteiger charge is 2.34. The van der Waals surface area contributed by atoms with Crippen molar-refractivity contribution in [3.05, 3.63) is 94.1 Å². The molecular formula is C27H21F7O. The van der Waals surface area contributed by atoms with Crippen molar-refractivity contribution in [3.63, 3.8) is 0 Å². The molecule has 0 aromatic heterocycles. The number of unbranched alkanes of at least 4 members (excludes halogenated alkanes) is 1. The maximum atomic E-state index is 14.9. The van der Waals surface area contributed by atoms with Gasteiger partial charge in [-0.2, -0.15) is 0 Å². The third-order valence-corrected chi connectivity index (χ3v) is 5.96. The van der Waals surface area contributed by atoms with E-state index >= 15 is 0 Å². The number of benzene rings is 3. The summed E-state index contributed by atoms with van der Waals surface area (Å²) in [7, 11) is 0. The van der Waals surface area contributed by atoms with Gasteiger partial charge in [-0.05, 0) is 83.8 Å². The number of hydrogen-bond acceptors (Lipinski definition) is 1. The first kappa shape index (κ1) is 24.8. The Labute approximate surface area is 197 Å². The van der Waals surface area contributed by atoms with Crippen LogP contribution < -0.4 is 4.74 Å². The SMILES string of the molecule is CCCCc1ccc(C2=CCc3cc(-c4cc(F)c(OC(F)(F)F)c(F)c4)c(F)cc3C2)c(F)c1. The average Bonchev–Trinajstić information content (AvgIpc) is 2.78. The number of aryl methyl sites for hydroxylation is 1. The molecule has 1 aliphatic rings. The topological polar surface area (TPSA) is 9.23 Å². The second-order valence-corrected chi connectivity index (χ2v) is 8.45. The van der Waals surface area contributed by atoms with Crippen molar-refractivity contribution >= 4 is 5.57 Å². The Hall–Kier alpha value is -3.29. The zero-order chi connectivity index (χ0) is 25.3. The molecule has 0 radical (unpaired) electrons. The second-order valence-electron chi connectivity index (χ2n) is 8.45. The summed E-state index contributed by atoms with van der Waals surface area (Å²) < 4.78 is 98.5. The van der Waals surface area contributed by atoms with Gasteiger partial charge in [0.25, 0.3) is 0 Å². The molecule has 0 saturated heterocycles. The second kappa shape index (κ2) is 9.76. The van der Waals surface area contributed by atoms with Crippen LogP contribution >= 0.6 is 0 Å². The molecule has 0 heterocycles. The van der Waals surface area contributed by atoms with Crippen LogP contribution in [0, 0.1) is 23.3 Å². The van der Waals surface area contributed by atoms with Crippen LogP contribution in [0.4, 0.5) is 30.7 Å². The predicted molar refractivity (Wildman–Crippen MR) is 119 cm³/mol. The van der Waals surface area contributed by atoms with E-state index in [1.807, 2.05) is 12.1 Å². The van der Waals surface area contributed by atoms with Crippen molar-refractivity contribution in [2.45, 2.75) is 45.4 Å². The zero-order valence-corrected chi connectivity index (χ0v) is 18.7. The average molecular weight is 494 g/mol. The van der Waals surface area contributed by atoms with E-state index in [1.54, 1.807) is 6.07 Å². The van der Waals surface area contributed by atoms with Gasteiger partial charge in [-0.1, -0.05) is 31.6 Å². The van der Waals surface area contributed by atoms with Crippen LogP contribution in [0.15, 0.2) is 48.5 Å². The van der Waals surface area contributed by atoms with Crippen LogP contribution in [-0.4, -0.2) is 6.36 Å². The first-order valence-electron chi connectivity index (χ1n) is 11.1. The molecule has 0 N–H and O–H groups in total. The van der Waals surface area contributed by atoms with E-state index < -0.39 is 29.6 Å². The van der Waals surface area contributed by atoms with E-state index in [0.29, 0.717) is 40.8 Å². The Morgan fingerprint density at radius 2 is 1.49 bits per heavy atom. The van der Waals surface area contributed by atoms with Gasteiger partial charge < -0.3 is 4.74 Å². The Morgan fingerprint density at radius 3 is 2.11 bits per heavy atom. The number of alkyl halides is 3. The van der Waals surface area contributed by atoms with Gasteiger partial charge in [0.2, 0.25) is 5.75 Å². The first-order chi connectivity index (χ1) is 16.6. The predicted octanol–water partition coefficient (Wildman–Crippen LogP) is 8.33. The van der Waals surface area contributed by atoms with Crippen LogP contribution in [0.25, 0.3) is 16.7 Å². The molecule has 0 bridgehead atoms. The van der Waals surface area contributed by atoms with Crippen LogP contribution in [0.2, 0.25) is 0 Å². The minimum absolute atomic E-state index is 0.164. The van der Waals surface area contributed by atoms with E-state index in [-0.39, 0.29) is 23.4 Å². The molecule has 184 valence electrons. The number of hydrogen-bond donors (Lipinski definition) is 0. The highest BCUT2D eigenvalue weighted by molar-refractivity contribution is 5.74. The normalized spacial score (nSPS) is 13.4. The van der Waals surface area contributed by atoms with Gasteiger partial charge >= 0.3 is 6.36 Å². The molecule has 0 fully saturated rings. The summed E-state index contributed by atoms with van der Waals surface area (Å²) in [6, 6.07) is 8.91. The molecule has 0 spiro atoms. The summed E-state index contributed by atoms with van der Waals surface area (Å²) in [4.78, 5) is 0. The third-order valence-electron chi connectivity index (χ3n) is 5.96. The molecule has 3 aromatic rings. The molecule has 0 saturated carbocycles.